The van der Waals surface area contributed by atoms with E-state index in [9.17, 15) is 0 Å². The maximum Gasteiger partial charge on any atom is 0.0522 e. The molecule has 9 rings (SSSR count). The molecule has 7 aromatic carbocycles. The Bertz CT molecular complexity index is 2590. The molecular weight excluding hydrogens is 655 g/mol. The Kier molecular flexibility index (Phi) is 8.14. The van der Waals surface area contributed by atoms with E-state index in [4.69, 9.17) is 47.1 Å². The number of fused-ring (bicyclic) bond motifs is 6. The summed E-state index contributed by atoms with van der Waals surface area (Å²) in [5, 5.41) is -3.94. The van der Waals surface area contributed by atoms with Crippen molar-refractivity contribution < 1.29 is 0 Å². The first kappa shape index (κ1) is 35.4. The summed E-state index contributed by atoms with van der Waals surface area (Å²) in [5.41, 5.74) is 13.3. The lowest BCUT2D eigenvalue weighted by atomic mass is 9.18. The van der Waals surface area contributed by atoms with Gasteiger partial charge >= 0.3 is 0 Å². The van der Waals surface area contributed by atoms with Crippen LogP contribution in [0.25, 0.3) is 44.5 Å². The van der Waals surface area contributed by atoms with Crippen LogP contribution in [0.4, 0.5) is 17.1 Å². The minimum atomic E-state index is -1.97. The first-order valence-electron chi connectivity index (χ1n) is 18.6. The Morgan fingerprint density at radius 2 is 0.873 bits per heavy atom. The van der Waals surface area contributed by atoms with Crippen LogP contribution in [0.1, 0.15) is 36.1 Å². The van der Waals surface area contributed by atoms with E-state index in [2.05, 4.69) is 146 Å². The molecule has 7 aromatic rings. The number of rotatable bonds is 7. The maximum atomic E-state index is 6.85. The van der Waals surface area contributed by atoms with Crippen molar-refractivity contribution in [3.8, 4) is 44.5 Å². The highest BCUT2D eigenvalue weighted by molar-refractivity contribution is 6.66. The number of hydrogen-bond donors (Lipinski definition) is 0. The van der Waals surface area contributed by atoms with Crippen LogP contribution in [0.3, 0.4) is 0 Å². The summed E-state index contributed by atoms with van der Waals surface area (Å²) in [5.74, 6) is 0. The molecule has 0 aliphatic heterocycles. The molecule has 55 heavy (non-hydrogen) atoms. The van der Waals surface area contributed by atoms with Gasteiger partial charge in [0.1, 0.15) is 0 Å². The second kappa shape index (κ2) is 12.6. The van der Waals surface area contributed by atoms with Gasteiger partial charge < -0.3 is 4.90 Å². The van der Waals surface area contributed by atoms with Gasteiger partial charge in [-0.25, -0.2) is 0 Å². The first-order chi connectivity index (χ1) is 26.3. The third-order valence-corrected chi connectivity index (χ3v) is 11.8. The van der Waals surface area contributed by atoms with Gasteiger partial charge in [-0.2, -0.15) is 0 Å². The molecule has 0 amide bonds. The molecule has 12 radical (unpaired) electrons. The lowest BCUT2D eigenvalue weighted by Gasteiger charge is -2.56. The first-order valence-corrected chi connectivity index (χ1v) is 18.6. The normalized spacial score (nSPS) is 14.7. The fourth-order valence-corrected chi connectivity index (χ4v) is 9.40. The van der Waals surface area contributed by atoms with Crippen LogP contribution in [0.2, 0.25) is 10.2 Å². The van der Waals surface area contributed by atoms with Gasteiger partial charge in [-0.3, -0.25) is 0 Å². The molecule has 0 fully saturated rings. The molecule has 0 bridgehead atoms. The SMILES string of the molecule is [B]C([B])([B])C1(C([B])([B])[B])c2cc(N(c3cccc(-c4ccccc4)c3)c3ccc4c(c3)C(C)(C)c3ccccc3-4)ccc2-c2c(-c3ccccc3)cccc21. The summed E-state index contributed by atoms with van der Waals surface area (Å²) in [6, 6.07) is 56.7. The molecule has 0 aromatic heterocycles. The zero-order chi connectivity index (χ0) is 38.3. The summed E-state index contributed by atoms with van der Waals surface area (Å²) in [4.78, 5) is 2.26. The van der Waals surface area contributed by atoms with Crippen molar-refractivity contribution in [1.29, 1.82) is 0 Å². The van der Waals surface area contributed by atoms with Crippen LogP contribution >= 0.6 is 0 Å². The number of nitrogens with zero attached hydrogens (tertiary/aromatic N) is 1. The van der Waals surface area contributed by atoms with E-state index in [0.29, 0.717) is 11.1 Å². The zero-order valence-corrected chi connectivity index (χ0v) is 31.0. The van der Waals surface area contributed by atoms with Crippen LogP contribution in [0.15, 0.2) is 164 Å². The van der Waals surface area contributed by atoms with Crippen molar-refractivity contribution in [2.45, 2.75) is 34.9 Å². The fourth-order valence-electron chi connectivity index (χ4n) is 9.40. The zero-order valence-electron chi connectivity index (χ0n) is 31.0. The molecule has 0 spiro atoms. The predicted molar refractivity (Wildman–Crippen MR) is 236 cm³/mol. The summed E-state index contributed by atoms with van der Waals surface area (Å²) >= 11 is 0. The molecular formula is C48H33B6N. The number of hydrogen-bond acceptors (Lipinski definition) is 1. The van der Waals surface area contributed by atoms with Crippen molar-refractivity contribution in [1.82, 2.24) is 0 Å². The number of benzene rings is 7. The standard InChI is InChI=1S/C48H33B6N/c1-45(2)40-21-10-9-19-37(40)38-25-23-34(28-42(38)45)55(33-18-11-17-32(27-33)30-13-5-3-6-14-30)35-24-26-39-43(29-35)46(47(49,50)51,48(52,53)54)41-22-12-20-36(44(39)41)31-15-7-4-8-16-31/h3-29H,1-2H3. The van der Waals surface area contributed by atoms with E-state index in [1.54, 1.807) is 0 Å². The Balaban J connectivity index is 1.32. The molecule has 1 nitrogen and oxygen atoms in total. The largest absolute Gasteiger partial charge is 0.310 e. The van der Waals surface area contributed by atoms with Crippen molar-refractivity contribution >= 4 is 64.1 Å². The van der Waals surface area contributed by atoms with Crippen LogP contribution in [-0.2, 0) is 10.8 Å². The highest BCUT2D eigenvalue weighted by Gasteiger charge is 2.55. The van der Waals surface area contributed by atoms with Crippen molar-refractivity contribution in [2.75, 3.05) is 4.90 Å². The lowest BCUT2D eigenvalue weighted by Crippen LogP contribution is -2.52. The molecule has 0 N–H and O–H groups in total. The fraction of sp³-hybridized carbons (Fsp3) is 0.125. The molecule has 0 heterocycles. The third-order valence-electron chi connectivity index (χ3n) is 11.8. The van der Waals surface area contributed by atoms with Crippen molar-refractivity contribution in [2.24, 2.45) is 0 Å². The van der Waals surface area contributed by atoms with Gasteiger partial charge in [-0.05, 0) is 109 Å². The average Bonchev–Trinajstić information content (AvgIpc) is 3.62. The lowest BCUT2D eigenvalue weighted by molar-refractivity contribution is 0.533. The van der Waals surface area contributed by atoms with E-state index in [-0.39, 0.29) is 5.41 Å². The molecule has 0 saturated carbocycles. The monoisotopic (exact) mass is 689 g/mol. The highest BCUT2D eigenvalue weighted by Crippen LogP contribution is 2.66. The minimum absolute atomic E-state index is 0.210. The van der Waals surface area contributed by atoms with E-state index in [1.165, 1.54) is 22.3 Å². The smallest absolute Gasteiger partial charge is 0.0522 e. The highest BCUT2D eigenvalue weighted by atomic mass is 15.1. The van der Waals surface area contributed by atoms with E-state index >= 15 is 0 Å². The van der Waals surface area contributed by atoms with Gasteiger partial charge in [0.25, 0.3) is 0 Å². The van der Waals surface area contributed by atoms with Gasteiger partial charge in [0.15, 0.2) is 0 Å². The van der Waals surface area contributed by atoms with Gasteiger partial charge in [-0.15, -0.1) is 10.2 Å². The average molecular weight is 689 g/mol. The topological polar surface area (TPSA) is 3.24 Å². The quantitative estimate of drug-likeness (QED) is 0.151. The second-order valence-electron chi connectivity index (χ2n) is 15.6. The van der Waals surface area contributed by atoms with Gasteiger partial charge in [0.2, 0.25) is 0 Å². The predicted octanol–water partition coefficient (Wildman–Crippen LogP) is 10.2. The molecule has 0 unspecified atom stereocenters. The van der Waals surface area contributed by atoms with Gasteiger partial charge in [0.05, 0.1) is 47.1 Å². The molecule has 0 saturated heterocycles. The Morgan fingerprint density at radius 3 is 1.55 bits per heavy atom. The third kappa shape index (κ3) is 5.30. The summed E-state index contributed by atoms with van der Waals surface area (Å²) in [7, 11) is 41.1. The Hall–Kier alpha value is -5.27. The summed E-state index contributed by atoms with van der Waals surface area (Å²) in [6.07, 6.45) is 0. The van der Waals surface area contributed by atoms with E-state index in [1.807, 2.05) is 36.4 Å². The number of anilines is 3. The molecule has 0 atom stereocenters. The molecule has 2 aliphatic carbocycles. The minimum Gasteiger partial charge on any atom is -0.310 e. The van der Waals surface area contributed by atoms with Crippen LogP contribution in [-0.4, -0.2) is 47.1 Å². The molecule has 2 aliphatic rings. The van der Waals surface area contributed by atoms with E-state index < -0.39 is 15.6 Å². The Labute approximate surface area is 333 Å². The van der Waals surface area contributed by atoms with Crippen LogP contribution in [0, 0.1) is 0 Å². The van der Waals surface area contributed by atoms with Gasteiger partial charge in [0, 0.05) is 22.5 Å². The molecule has 7 heteroatoms. The van der Waals surface area contributed by atoms with E-state index in [0.717, 1.165) is 50.4 Å². The van der Waals surface area contributed by atoms with Crippen LogP contribution < -0.4 is 4.90 Å². The van der Waals surface area contributed by atoms with Crippen LogP contribution in [0.5, 0.6) is 0 Å². The van der Waals surface area contributed by atoms with Crippen molar-refractivity contribution in [3.05, 3.63) is 186 Å². The summed E-state index contributed by atoms with van der Waals surface area (Å²) in [6.45, 7) is 4.58. The van der Waals surface area contributed by atoms with Crippen molar-refractivity contribution in [3.63, 3.8) is 0 Å². The summed E-state index contributed by atoms with van der Waals surface area (Å²) < 4.78 is 0. The second-order valence-corrected chi connectivity index (χ2v) is 15.6. The van der Waals surface area contributed by atoms with Gasteiger partial charge in [-0.1, -0.05) is 141 Å². The Morgan fingerprint density at radius 1 is 0.382 bits per heavy atom. The molecule has 248 valence electrons. The maximum absolute atomic E-state index is 6.85.